The second-order valence-electron chi connectivity index (χ2n) is 11.7. The van der Waals surface area contributed by atoms with Crippen molar-refractivity contribution in [2.45, 2.75) is 82.5 Å². The van der Waals surface area contributed by atoms with Gasteiger partial charge in [-0.1, -0.05) is 13.8 Å². The van der Waals surface area contributed by atoms with Crippen molar-refractivity contribution in [3.8, 4) is 0 Å². The summed E-state index contributed by atoms with van der Waals surface area (Å²) in [6, 6.07) is 0. The molecular weight excluding hydrogens is 406 g/mol. The van der Waals surface area contributed by atoms with Crippen LogP contribution in [0.3, 0.4) is 0 Å². The van der Waals surface area contributed by atoms with E-state index >= 15 is 0 Å². The third-order valence-corrected chi connectivity index (χ3v) is 12.0. The summed E-state index contributed by atoms with van der Waals surface area (Å²) in [5.74, 6) is 3.22. The van der Waals surface area contributed by atoms with E-state index in [1.54, 1.807) is 6.08 Å². The lowest BCUT2D eigenvalue weighted by molar-refractivity contribution is -0.203. The molecule has 2 N–H and O–H groups in total. The number of carbonyl (C=O) groups is 1. The Bertz CT molecular complexity index is 755. The van der Waals surface area contributed by atoms with Crippen LogP contribution in [0.2, 0.25) is 0 Å². The zero-order valence-corrected chi connectivity index (χ0v) is 20.4. The van der Waals surface area contributed by atoms with Gasteiger partial charge in [-0.3, -0.25) is 0 Å². The molecule has 4 aliphatic carbocycles. The van der Waals surface area contributed by atoms with Crippen molar-refractivity contribution >= 4 is 17.7 Å². The molecule has 0 spiro atoms. The van der Waals surface area contributed by atoms with Crippen molar-refractivity contribution in [2.75, 3.05) is 26.0 Å². The first-order chi connectivity index (χ1) is 14.8. The predicted octanol–water partition coefficient (Wildman–Crippen LogP) is 4.56. The van der Waals surface area contributed by atoms with Gasteiger partial charge >= 0.3 is 5.97 Å². The SMILES string of the molecule is CNCCS[C@H]1CC[C@@]2(C)[C@H](CC[C@@H]3[C@@H]2CC[C@]2(C)[C@@H](C4=CC(=O)OC4)CC[C@]32O)C1. The molecule has 0 aromatic carbocycles. The zero-order valence-electron chi connectivity index (χ0n) is 19.6. The van der Waals surface area contributed by atoms with Crippen molar-refractivity contribution in [3.05, 3.63) is 11.6 Å². The molecule has 5 heteroatoms. The van der Waals surface area contributed by atoms with Gasteiger partial charge in [-0.2, -0.15) is 11.8 Å². The van der Waals surface area contributed by atoms with Gasteiger partial charge in [0.1, 0.15) is 6.61 Å². The molecule has 0 unspecified atom stereocenters. The van der Waals surface area contributed by atoms with Crippen LogP contribution in [0.25, 0.3) is 0 Å². The van der Waals surface area contributed by atoms with Crippen LogP contribution in [0.4, 0.5) is 0 Å². The maximum atomic E-state index is 12.3. The number of carbonyl (C=O) groups excluding carboxylic acids is 1. The molecule has 5 aliphatic rings. The first kappa shape index (κ1) is 22.3. The van der Waals surface area contributed by atoms with Crippen molar-refractivity contribution in [2.24, 2.45) is 34.5 Å². The van der Waals surface area contributed by atoms with Gasteiger partial charge in [-0.25, -0.2) is 4.79 Å². The van der Waals surface area contributed by atoms with Crippen LogP contribution < -0.4 is 5.32 Å². The largest absolute Gasteiger partial charge is 0.458 e. The lowest BCUT2D eigenvalue weighted by Crippen LogP contribution is -2.62. The highest BCUT2D eigenvalue weighted by Crippen LogP contribution is 2.70. The molecule has 0 aromatic rings. The fourth-order valence-electron chi connectivity index (χ4n) is 8.85. The Kier molecular flexibility index (Phi) is 5.79. The van der Waals surface area contributed by atoms with E-state index in [9.17, 15) is 9.90 Å². The number of hydrogen-bond acceptors (Lipinski definition) is 5. The summed E-state index contributed by atoms with van der Waals surface area (Å²) >= 11 is 2.18. The molecule has 31 heavy (non-hydrogen) atoms. The van der Waals surface area contributed by atoms with Crippen LogP contribution in [0.15, 0.2) is 11.6 Å². The highest BCUT2D eigenvalue weighted by Gasteiger charge is 2.67. The Labute approximate surface area is 192 Å². The number of cyclic esters (lactones) is 1. The van der Waals surface area contributed by atoms with Crippen molar-refractivity contribution in [3.63, 3.8) is 0 Å². The zero-order chi connectivity index (χ0) is 21.9. The van der Waals surface area contributed by atoms with Crippen LogP contribution in [0.1, 0.15) is 71.6 Å². The second-order valence-corrected chi connectivity index (χ2v) is 13.1. The molecule has 0 bridgehead atoms. The summed E-state index contributed by atoms with van der Waals surface area (Å²) < 4.78 is 5.25. The van der Waals surface area contributed by atoms with Gasteiger partial charge in [-0.05, 0) is 99.5 Å². The van der Waals surface area contributed by atoms with E-state index in [0.717, 1.165) is 42.5 Å². The standard InChI is InChI=1S/C26H41NO3S/c1-24-9-6-19(31-13-12-27-3)15-18(24)4-5-22-21(24)7-10-25(2)20(8-11-26(22,25)29)17-14-23(28)30-16-17/h14,18-22,27,29H,4-13,15-16H2,1-3H3/t18-,19+,20-,21+,22-,24+,25-,26+/m1/s1. The number of thioether (sulfide) groups is 1. The molecule has 8 atom stereocenters. The Balaban J connectivity index is 1.34. The quantitative estimate of drug-likeness (QED) is 0.478. The highest BCUT2D eigenvalue weighted by atomic mass is 32.2. The van der Waals surface area contributed by atoms with Crippen LogP contribution in [0, 0.1) is 34.5 Å². The average molecular weight is 448 g/mol. The van der Waals surface area contributed by atoms with Gasteiger partial charge in [0.05, 0.1) is 5.60 Å². The second kappa shape index (κ2) is 8.06. The maximum absolute atomic E-state index is 12.3. The van der Waals surface area contributed by atoms with E-state index < -0.39 is 5.60 Å². The monoisotopic (exact) mass is 447 g/mol. The molecule has 0 amide bonds. The smallest absolute Gasteiger partial charge is 0.331 e. The van der Waals surface area contributed by atoms with Gasteiger partial charge < -0.3 is 15.2 Å². The fourth-order valence-corrected chi connectivity index (χ4v) is 10.2. The summed E-state index contributed by atoms with van der Waals surface area (Å²) in [4.78, 5) is 11.7. The van der Waals surface area contributed by atoms with Crippen molar-refractivity contribution in [1.82, 2.24) is 5.32 Å². The van der Waals surface area contributed by atoms with Crippen LogP contribution in [-0.2, 0) is 9.53 Å². The van der Waals surface area contributed by atoms with E-state index in [1.807, 2.05) is 7.05 Å². The molecular formula is C26H41NO3S. The third-order valence-electron chi connectivity index (χ3n) is 10.6. The molecule has 0 aromatic heterocycles. The molecule has 0 radical (unpaired) electrons. The van der Waals surface area contributed by atoms with Gasteiger partial charge in [0, 0.05) is 29.0 Å². The Morgan fingerprint density at radius 1 is 1.13 bits per heavy atom. The maximum Gasteiger partial charge on any atom is 0.331 e. The van der Waals surface area contributed by atoms with Crippen LogP contribution >= 0.6 is 11.8 Å². The molecule has 4 nitrogen and oxygen atoms in total. The highest BCUT2D eigenvalue weighted by molar-refractivity contribution is 7.99. The van der Waals surface area contributed by atoms with Crippen molar-refractivity contribution < 1.29 is 14.6 Å². The minimum absolute atomic E-state index is 0.114. The lowest BCUT2D eigenvalue weighted by Gasteiger charge is -2.64. The number of rotatable bonds is 5. The molecule has 4 fully saturated rings. The summed E-state index contributed by atoms with van der Waals surface area (Å²) in [7, 11) is 2.04. The lowest BCUT2D eigenvalue weighted by atomic mass is 9.43. The third kappa shape index (κ3) is 3.35. The average Bonchev–Trinajstić information content (AvgIpc) is 3.28. The number of fused-ring (bicyclic) bond motifs is 5. The summed E-state index contributed by atoms with van der Waals surface area (Å²) in [6.07, 6.45) is 12.5. The fraction of sp³-hybridized carbons (Fsp3) is 0.885. The Morgan fingerprint density at radius 2 is 1.97 bits per heavy atom. The predicted molar refractivity (Wildman–Crippen MR) is 126 cm³/mol. The van der Waals surface area contributed by atoms with E-state index in [-0.39, 0.29) is 11.4 Å². The van der Waals surface area contributed by atoms with Gasteiger partial charge in [0.15, 0.2) is 0 Å². The van der Waals surface area contributed by atoms with Crippen LogP contribution in [-0.4, -0.2) is 47.9 Å². The minimum atomic E-state index is -0.584. The Hall–Kier alpha value is -0.520. The van der Waals surface area contributed by atoms with E-state index in [0.29, 0.717) is 29.8 Å². The van der Waals surface area contributed by atoms with E-state index in [1.165, 1.54) is 44.3 Å². The molecule has 1 aliphatic heterocycles. The summed E-state index contributed by atoms with van der Waals surface area (Å²) in [5, 5.41) is 16.4. The summed E-state index contributed by atoms with van der Waals surface area (Å²) in [5.41, 5.74) is 0.835. The van der Waals surface area contributed by atoms with Crippen LogP contribution in [0.5, 0.6) is 0 Å². The minimum Gasteiger partial charge on any atom is -0.458 e. The summed E-state index contributed by atoms with van der Waals surface area (Å²) in [6.45, 7) is 6.45. The molecule has 4 saturated carbocycles. The number of hydrogen-bond donors (Lipinski definition) is 2. The molecule has 1 heterocycles. The van der Waals surface area contributed by atoms with Gasteiger partial charge in [-0.15, -0.1) is 0 Å². The number of nitrogens with one attached hydrogen (secondary N) is 1. The number of ether oxygens (including phenoxy) is 1. The Morgan fingerprint density at radius 3 is 2.71 bits per heavy atom. The number of esters is 1. The topological polar surface area (TPSA) is 58.6 Å². The normalized spacial score (nSPS) is 49.1. The first-order valence-electron chi connectivity index (χ1n) is 12.7. The molecule has 5 rings (SSSR count). The number of aliphatic hydroxyl groups is 1. The van der Waals surface area contributed by atoms with E-state index in [4.69, 9.17) is 4.74 Å². The molecule has 174 valence electrons. The van der Waals surface area contributed by atoms with Crippen molar-refractivity contribution in [1.29, 1.82) is 0 Å². The van der Waals surface area contributed by atoms with E-state index in [2.05, 4.69) is 30.9 Å². The van der Waals surface area contributed by atoms with Gasteiger partial charge in [0.2, 0.25) is 0 Å². The first-order valence-corrected chi connectivity index (χ1v) is 13.7. The molecule has 0 saturated heterocycles. The van der Waals surface area contributed by atoms with Gasteiger partial charge in [0.25, 0.3) is 0 Å².